The van der Waals surface area contributed by atoms with Gasteiger partial charge in [-0.3, -0.25) is 4.57 Å². The largest absolute Gasteiger partial charge is 0.381 e. The highest BCUT2D eigenvalue weighted by molar-refractivity contribution is 6.31. The van der Waals surface area contributed by atoms with Crippen molar-refractivity contribution in [2.24, 2.45) is 0 Å². The molecule has 136 valence electrons. The molecule has 0 bridgehead atoms. The van der Waals surface area contributed by atoms with E-state index in [-0.39, 0.29) is 0 Å². The Morgan fingerprint density at radius 2 is 1.92 bits per heavy atom. The lowest BCUT2D eigenvalue weighted by Crippen LogP contribution is -2.29. The summed E-state index contributed by atoms with van der Waals surface area (Å²) >= 11 is 12.4. The predicted octanol–water partition coefficient (Wildman–Crippen LogP) is 4.49. The van der Waals surface area contributed by atoms with Gasteiger partial charge >= 0.3 is 0 Å². The van der Waals surface area contributed by atoms with Gasteiger partial charge in [0.2, 0.25) is 5.95 Å². The second-order valence-electron chi connectivity index (χ2n) is 6.48. The molecule has 3 aromatic rings. The summed E-state index contributed by atoms with van der Waals surface area (Å²) < 4.78 is 7.22. The van der Waals surface area contributed by atoms with Crippen LogP contribution in [0, 0.1) is 0 Å². The summed E-state index contributed by atoms with van der Waals surface area (Å²) in [7, 11) is 1.77. The summed E-state index contributed by atoms with van der Waals surface area (Å²) in [6, 6.07) is 7.62. The van der Waals surface area contributed by atoms with Gasteiger partial charge in [-0.05, 0) is 43.9 Å². The molecule has 2 aromatic heterocycles. The molecule has 2 heterocycles. The zero-order chi connectivity index (χ0) is 18.1. The molecular weight excluding hydrogens is 373 g/mol. The van der Waals surface area contributed by atoms with Crippen molar-refractivity contribution in [3.8, 4) is 5.95 Å². The minimum absolute atomic E-state index is 0.356. The maximum absolute atomic E-state index is 6.24. The molecule has 0 unspecified atom stereocenters. The van der Waals surface area contributed by atoms with Gasteiger partial charge in [0.25, 0.3) is 0 Å². The SMILES string of the molecule is CO[C@H]1CC[C@H](Nc2cc(Cl)nc(-n3cnc4ccc(Cl)cc43)n2)CC1. The van der Waals surface area contributed by atoms with Crippen LogP contribution in [-0.4, -0.2) is 38.8 Å². The van der Waals surface area contributed by atoms with E-state index in [1.165, 1.54) is 0 Å². The van der Waals surface area contributed by atoms with Crippen molar-refractivity contribution in [1.82, 2.24) is 19.5 Å². The van der Waals surface area contributed by atoms with E-state index in [1.54, 1.807) is 24.1 Å². The van der Waals surface area contributed by atoms with Gasteiger partial charge in [0.1, 0.15) is 17.3 Å². The van der Waals surface area contributed by atoms with Crippen molar-refractivity contribution in [2.75, 3.05) is 12.4 Å². The maximum Gasteiger partial charge on any atom is 0.238 e. The minimum atomic E-state index is 0.356. The summed E-state index contributed by atoms with van der Waals surface area (Å²) in [6.45, 7) is 0. The molecule has 1 saturated carbocycles. The zero-order valence-electron chi connectivity index (χ0n) is 14.3. The van der Waals surface area contributed by atoms with Crippen LogP contribution in [0.5, 0.6) is 0 Å². The van der Waals surface area contributed by atoms with E-state index in [4.69, 9.17) is 27.9 Å². The van der Waals surface area contributed by atoms with Gasteiger partial charge in [-0.15, -0.1) is 0 Å². The Morgan fingerprint density at radius 1 is 1.12 bits per heavy atom. The van der Waals surface area contributed by atoms with E-state index in [2.05, 4.69) is 20.3 Å². The van der Waals surface area contributed by atoms with Crippen molar-refractivity contribution in [3.05, 3.63) is 40.8 Å². The monoisotopic (exact) mass is 391 g/mol. The molecule has 1 aliphatic carbocycles. The van der Waals surface area contributed by atoms with Crippen molar-refractivity contribution < 1.29 is 4.74 Å². The van der Waals surface area contributed by atoms with Crippen LogP contribution in [0.4, 0.5) is 5.82 Å². The Balaban J connectivity index is 1.61. The molecule has 26 heavy (non-hydrogen) atoms. The van der Waals surface area contributed by atoms with Crippen LogP contribution < -0.4 is 5.32 Å². The van der Waals surface area contributed by atoms with E-state index < -0.39 is 0 Å². The number of nitrogens with one attached hydrogen (secondary N) is 1. The first kappa shape index (κ1) is 17.5. The lowest BCUT2D eigenvalue weighted by molar-refractivity contribution is 0.0681. The van der Waals surface area contributed by atoms with Gasteiger partial charge in [0.15, 0.2) is 0 Å². The first-order valence-electron chi connectivity index (χ1n) is 8.59. The Bertz CT molecular complexity index is 921. The Hall–Kier alpha value is -1.89. The number of aromatic nitrogens is 4. The molecule has 0 spiro atoms. The van der Waals surface area contributed by atoms with Crippen LogP contribution in [0.3, 0.4) is 0 Å². The minimum Gasteiger partial charge on any atom is -0.381 e. The van der Waals surface area contributed by atoms with Crippen LogP contribution in [0.15, 0.2) is 30.6 Å². The average molecular weight is 392 g/mol. The Labute approximate surface area is 161 Å². The predicted molar refractivity (Wildman–Crippen MR) is 103 cm³/mol. The summed E-state index contributed by atoms with van der Waals surface area (Å²) in [4.78, 5) is 13.4. The third-order valence-corrected chi connectivity index (χ3v) is 5.20. The zero-order valence-corrected chi connectivity index (χ0v) is 15.8. The molecule has 0 aliphatic heterocycles. The third-order valence-electron chi connectivity index (χ3n) is 4.77. The molecule has 6 nitrogen and oxygen atoms in total. The number of ether oxygens (including phenoxy) is 1. The Morgan fingerprint density at radius 3 is 2.69 bits per heavy atom. The maximum atomic E-state index is 6.24. The molecule has 8 heteroatoms. The third kappa shape index (κ3) is 3.63. The molecule has 1 N–H and O–H groups in total. The van der Waals surface area contributed by atoms with E-state index in [0.29, 0.717) is 34.1 Å². The molecule has 0 atom stereocenters. The number of methoxy groups -OCH3 is 1. The fraction of sp³-hybridized carbons (Fsp3) is 0.389. The molecule has 1 aliphatic rings. The number of halogens is 2. The van der Waals surface area contributed by atoms with E-state index in [9.17, 15) is 0 Å². The van der Waals surface area contributed by atoms with Crippen LogP contribution in [-0.2, 0) is 4.74 Å². The van der Waals surface area contributed by atoms with Gasteiger partial charge in [-0.25, -0.2) is 9.97 Å². The van der Waals surface area contributed by atoms with Gasteiger partial charge in [-0.1, -0.05) is 23.2 Å². The van der Waals surface area contributed by atoms with Gasteiger partial charge in [0, 0.05) is 24.2 Å². The van der Waals surface area contributed by atoms with Crippen LogP contribution >= 0.6 is 23.2 Å². The smallest absolute Gasteiger partial charge is 0.238 e. The number of fused-ring (bicyclic) bond motifs is 1. The van der Waals surface area contributed by atoms with Crippen LogP contribution in [0.2, 0.25) is 10.2 Å². The van der Waals surface area contributed by atoms with E-state index in [1.807, 2.05) is 18.2 Å². The standard InChI is InChI=1S/C18H19Cl2N5O/c1-26-13-5-3-12(4-6-13)22-17-9-16(20)23-18(24-17)25-10-21-14-7-2-11(19)8-15(14)25/h2,7-10,12-13H,3-6H2,1H3,(H,22,23,24)/t12-,13-. The second kappa shape index (κ2) is 7.39. The first-order valence-corrected chi connectivity index (χ1v) is 9.35. The average Bonchev–Trinajstić information content (AvgIpc) is 3.05. The summed E-state index contributed by atoms with van der Waals surface area (Å²) in [5.74, 6) is 1.18. The van der Waals surface area contributed by atoms with Crippen molar-refractivity contribution in [1.29, 1.82) is 0 Å². The lowest BCUT2D eigenvalue weighted by atomic mass is 9.93. The fourth-order valence-corrected chi connectivity index (χ4v) is 3.72. The normalized spacial score (nSPS) is 20.4. The van der Waals surface area contributed by atoms with E-state index >= 15 is 0 Å². The molecule has 0 amide bonds. The summed E-state index contributed by atoms with van der Waals surface area (Å²) in [6.07, 6.45) is 6.22. The number of hydrogen-bond acceptors (Lipinski definition) is 5. The topological polar surface area (TPSA) is 64.9 Å². The molecule has 0 radical (unpaired) electrons. The molecular formula is C18H19Cl2N5O. The van der Waals surface area contributed by atoms with Crippen molar-refractivity contribution in [2.45, 2.75) is 37.8 Å². The van der Waals surface area contributed by atoms with Crippen LogP contribution in [0.25, 0.3) is 17.0 Å². The van der Waals surface area contributed by atoms with Crippen molar-refractivity contribution in [3.63, 3.8) is 0 Å². The molecule has 1 aromatic carbocycles. The molecule has 4 rings (SSSR count). The quantitative estimate of drug-likeness (QED) is 0.663. The number of benzene rings is 1. The van der Waals surface area contributed by atoms with Gasteiger partial charge in [0.05, 0.1) is 17.1 Å². The molecule has 0 saturated heterocycles. The number of rotatable bonds is 4. The first-order chi connectivity index (χ1) is 12.6. The van der Waals surface area contributed by atoms with Gasteiger partial charge in [-0.2, -0.15) is 4.98 Å². The number of hydrogen-bond donors (Lipinski definition) is 1. The van der Waals surface area contributed by atoms with E-state index in [0.717, 1.165) is 36.7 Å². The highest BCUT2D eigenvalue weighted by Crippen LogP contribution is 2.25. The fourth-order valence-electron chi connectivity index (χ4n) is 3.38. The lowest BCUT2D eigenvalue weighted by Gasteiger charge is -2.28. The number of imidazole rings is 1. The number of nitrogens with zero attached hydrogens (tertiary/aromatic N) is 4. The number of anilines is 1. The molecule has 1 fully saturated rings. The van der Waals surface area contributed by atoms with Gasteiger partial charge < -0.3 is 10.1 Å². The summed E-state index contributed by atoms with van der Waals surface area (Å²) in [5, 5.41) is 4.49. The highest BCUT2D eigenvalue weighted by atomic mass is 35.5. The Kier molecular flexibility index (Phi) is 4.98. The summed E-state index contributed by atoms with van der Waals surface area (Å²) in [5.41, 5.74) is 1.66. The van der Waals surface area contributed by atoms with Crippen molar-refractivity contribution >= 4 is 40.1 Å². The highest BCUT2D eigenvalue weighted by Gasteiger charge is 2.21. The second-order valence-corrected chi connectivity index (χ2v) is 7.30. The van der Waals surface area contributed by atoms with Crippen LogP contribution in [0.1, 0.15) is 25.7 Å².